The van der Waals surface area contributed by atoms with Gasteiger partial charge in [-0.1, -0.05) is 0 Å². The molecule has 0 spiro atoms. The molecule has 1 aliphatic heterocycles. The van der Waals surface area contributed by atoms with Crippen molar-refractivity contribution in [3.8, 4) is 0 Å². The van der Waals surface area contributed by atoms with Crippen LogP contribution in [0, 0.1) is 0 Å². The van der Waals surface area contributed by atoms with Gasteiger partial charge in [-0.05, 0) is 6.92 Å². The molecule has 9 nitrogen and oxygen atoms in total. The number of hydrogen-bond acceptors (Lipinski definition) is 6. The Labute approximate surface area is 114 Å². The van der Waals surface area contributed by atoms with Crippen molar-refractivity contribution >= 4 is 11.8 Å². The number of nitrogens with zero attached hydrogens (tertiary/aromatic N) is 4. The smallest absolute Gasteiger partial charge is 0.346 e. The van der Waals surface area contributed by atoms with Crippen LogP contribution in [0.4, 0.5) is 5.82 Å². The van der Waals surface area contributed by atoms with Gasteiger partial charge in [-0.15, -0.1) is 5.10 Å². The lowest BCUT2D eigenvalue weighted by molar-refractivity contribution is -0.150. The fraction of sp³-hybridized carbons (Fsp3) is 0.636. The number of carbonyl (C=O) groups is 1. The van der Waals surface area contributed by atoms with Crippen molar-refractivity contribution in [2.75, 3.05) is 24.6 Å². The van der Waals surface area contributed by atoms with Crippen LogP contribution < -0.4 is 16.1 Å². The van der Waals surface area contributed by atoms with Gasteiger partial charge in [0.25, 0.3) is 5.56 Å². The topological polar surface area (TPSA) is 107 Å². The summed E-state index contributed by atoms with van der Waals surface area (Å²) in [5, 5.41) is 12.5. The molecular formula is C11H16N4O5. The number of anilines is 1. The second-order valence-corrected chi connectivity index (χ2v) is 5.08. The van der Waals surface area contributed by atoms with Crippen LogP contribution in [0.15, 0.2) is 9.59 Å². The second-order valence-electron chi connectivity index (χ2n) is 5.08. The summed E-state index contributed by atoms with van der Waals surface area (Å²) < 4.78 is 7.33. The standard InChI is InChI=1S/C11H16N4O5/c1-11(20-4-7(16)17)5-15(6-11)8-9(18)13(2)10(19)14(3)12-8/h4-6H2,1-3H3,(H,16,17). The van der Waals surface area contributed by atoms with E-state index in [9.17, 15) is 14.4 Å². The Kier molecular flexibility index (Phi) is 3.38. The van der Waals surface area contributed by atoms with Crippen molar-refractivity contribution in [1.29, 1.82) is 0 Å². The van der Waals surface area contributed by atoms with E-state index in [-0.39, 0.29) is 12.4 Å². The third-order valence-corrected chi connectivity index (χ3v) is 3.20. The van der Waals surface area contributed by atoms with Crippen molar-refractivity contribution in [3.63, 3.8) is 0 Å². The monoisotopic (exact) mass is 284 g/mol. The summed E-state index contributed by atoms with van der Waals surface area (Å²) in [6, 6.07) is 0. The lowest BCUT2D eigenvalue weighted by atomic mass is 9.96. The Morgan fingerprint density at radius 2 is 2.00 bits per heavy atom. The lowest BCUT2D eigenvalue weighted by Crippen LogP contribution is -2.64. The summed E-state index contributed by atoms with van der Waals surface area (Å²) in [6.07, 6.45) is 0. The molecule has 1 saturated heterocycles. The third kappa shape index (κ3) is 2.44. The van der Waals surface area contributed by atoms with Gasteiger partial charge >= 0.3 is 11.7 Å². The molecule has 1 aromatic rings. The van der Waals surface area contributed by atoms with Crippen molar-refractivity contribution in [3.05, 3.63) is 20.8 Å². The molecule has 1 N–H and O–H groups in total. The number of hydrogen-bond donors (Lipinski definition) is 1. The predicted molar refractivity (Wildman–Crippen MR) is 68.9 cm³/mol. The van der Waals surface area contributed by atoms with Crippen molar-refractivity contribution in [2.24, 2.45) is 14.1 Å². The number of aromatic nitrogens is 3. The van der Waals surface area contributed by atoms with E-state index in [2.05, 4.69) is 5.10 Å². The number of carboxylic acid groups (broad SMARTS) is 1. The van der Waals surface area contributed by atoms with Gasteiger partial charge in [0.05, 0.1) is 13.1 Å². The van der Waals surface area contributed by atoms with E-state index in [1.54, 1.807) is 11.8 Å². The van der Waals surface area contributed by atoms with E-state index < -0.39 is 22.8 Å². The van der Waals surface area contributed by atoms with Crippen LogP contribution in [0.25, 0.3) is 0 Å². The largest absolute Gasteiger partial charge is 0.480 e. The molecule has 9 heteroatoms. The SMILES string of the molecule is Cn1nc(N2CC(C)(OCC(=O)O)C2)c(=O)n(C)c1=O. The Bertz CT molecular complexity index is 656. The zero-order chi connectivity index (χ0) is 15.1. The van der Waals surface area contributed by atoms with Gasteiger partial charge in [-0.2, -0.15) is 0 Å². The molecule has 1 fully saturated rings. The minimum absolute atomic E-state index is 0.158. The fourth-order valence-corrected chi connectivity index (χ4v) is 2.12. The van der Waals surface area contributed by atoms with Crippen LogP contribution in [-0.4, -0.2) is 50.7 Å². The van der Waals surface area contributed by atoms with Crippen LogP contribution in [0.5, 0.6) is 0 Å². The van der Waals surface area contributed by atoms with E-state index in [1.165, 1.54) is 14.1 Å². The highest BCUT2D eigenvalue weighted by molar-refractivity contribution is 5.68. The first-order valence-electron chi connectivity index (χ1n) is 5.98. The fourth-order valence-electron chi connectivity index (χ4n) is 2.12. The van der Waals surface area contributed by atoms with E-state index in [1.807, 2.05) is 0 Å². The molecule has 0 unspecified atom stereocenters. The molecule has 0 bridgehead atoms. The van der Waals surface area contributed by atoms with Gasteiger partial charge in [0.15, 0.2) is 0 Å². The Hall–Kier alpha value is -2.16. The van der Waals surface area contributed by atoms with Crippen molar-refractivity contribution in [1.82, 2.24) is 14.3 Å². The quantitative estimate of drug-likeness (QED) is 0.692. The average molecular weight is 284 g/mol. The highest BCUT2D eigenvalue weighted by Crippen LogP contribution is 2.26. The van der Waals surface area contributed by atoms with Crippen LogP contribution in [-0.2, 0) is 23.6 Å². The summed E-state index contributed by atoms with van der Waals surface area (Å²) in [7, 11) is 2.85. The molecule has 0 aliphatic carbocycles. The van der Waals surface area contributed by atoms with Gasteiger partial charge in [0, 0.05) is 14.1 Å². The van der Waals surface area contributed by atoms with Gasteiger partial charge in [-0.3, -0.25) is 9.36 Å². The molecule has 1 aliphatic rings. The van der Waals surface area contributed by atoms with E-state index in [0.717, 1.165) is 9.25 Å². The van der Waals surface area contributed by atoms with Crippen LogP contribution >= 0.6 is 0 Å². The summed E-state index contributed by atoms with van der Waals surface area (Å²) in [4.78, 5) is 35.6. The van der Waals surface area contributed by atoms with Gasteiger partial charge in [0.2, 0.25) is 5.82 Å². The maximum atomic E-state index is 12.0. The maximum Gasteiger partial charge on any atom is 0.346 e. The molecule has 1 aromatic heterocycles. The minimum atomic E-state index is -1.04. The second kappa shape index (κ2) is 4.75. The van der Waals surface area contributed by atoms with Gasteiger partial charge in [0.1, 0.15) is 12.2 Å². The van der Waals surface area contributed by atoms with E-state index >= 15 is 0 Å². The molecule has 2 rings (SSSR count). The molecule has 0 radical (unpaired) electrons. The van der Waals surface area contributed by atoms with E-state index in [4.69, 9.17) is 9.84 Å². The number of aliphatic carboxylic acids is 1. The zero-order valence-corrected chi connectivity index (χ0v) is 11.5. The molecule has 20 heavy (non-hydrogen) atoms. The Morgan fingerprint density at radius 1 is 1.40 bits per heavy atom. The lowest BCUT2D eigenvalue weighted by Gasteiger charge is -2.47. The van der Waals surface area contributed by atoms with Crippen LogP contribution in [0.1, 0.15) is 6.92 Å². The third-order valence-electron chi connectivity index (χ3n) is 3.20. The highest BCUT2D eigenvalue weighted by Gasteiger charge is 2.42. The van der Waals surface area contributed by atoms with Crippen LogP contribution in [0.3, 0.4) is 0 Å². The molecule has 2 heterocycles. The van der Waals surface area contributed by atoms with Gasteiger partial charge < -0.3 is 14.7 Å². The molecular weight excluding hydrogens is 268 g/mol. The number of carboxylic acids is 1. The first kappa shape index (κ1) is 14.3. The molecule has 0 atom stereocenters. The van der Waals surface area contributed by atoms with E-state index in [0.29, 0.717) is 13.1 Å². The number of ether oxygens (including phenoxy) is 1. The summed E-state index contributed by atoms with van der Waals surface area (Å²) >= 11 is 0. The predicted octanol–water partition coefficient (Wildman–Crippen LogP) is -1.84. The Morgan fingerprint density at radius 3 is 2.55 bits per heavy atom. The summed E-state index contributed by atoms with van der Waals surface area (Å²) in [5.74, 6) is -0.883. The summed E-state index contributed by atoms with van der Waals surface area (Å²) in [5.41, 5.74) is -1.60. The average Bonchev–Trinajstić information content (AvgIpc) is 2.35. The van der Waals surface area contributed by atoms with Gasteiger partial charge in [-0.25, -0.2) is 14.3 Å². The van der Waals surface area contributed by atoms with Crippen molar-refractivity contribution < 1.29 is 14.6 Å². The van der Waals surface area contributed by atoms with Crippen LogP contribution in [0.2, 0.25) is 0 Å². The maximum absolute atomic E-state index is 12.0. The summed E-state index contributed by atoms with van der Waals surface area (Å²) in [6.45, 7) is 2.07. The van der Waals surface area contributed by atoms with Crippen molar-refractivity contribution in [2.45, 2.75) is 12.5 Å². The number of rotatable bonds is 4. The number of aryl methyl sites for hydroxylation is 1. The molecule has 0 aromatic carbocycles. The Balaban J connectivity index is 2.16. The minimum Gasteiger partial charge on any atom is -0.480 e. The zero-order valence-electron chi connectivity index (χ0n) is 11.5. The normalized spacial score (nSPS) is 16.9. The molecule has 0 saturated carbocycles. The highest BCUT2D eigenvalue weighted by atomic mass is 16.5. The molecule has 110 valence electrons. The first-order valence-corrected chi connectivity index (χ1v) is 5.98. The molecule has 0 amide bonds. The first-order chi connectivity index (χ1) is 9.23.